The summed E-state index contributed by atoms with van der Waals surface area (Å²) in [6.07, 6.45) is 0.0754. The number of anilines is 3. The topological polar surface area (TPSA) is 132 Å². The predicted octanol–water partition coefficient (Wildman–Crippen LogP) is 4.37. The van der Waals surface area contributed by atoms with Crippen molar-refractivity contribution in [1.82, 2.24) is 34.7 Å². The first-order valence-corrected chi connectivity index (χ1v) is 11.7. The first-order chi connectivity index (χ1) is 18.3. The van der Waals surface area contributed by atoms with E-state index in [2.05, 4.69) is 40.7 Å². The average Bonchev–Trinajstić information content (AvgIpc) is 3.50. The van der Waals surface area contributed by atoms with Crippen molar-refractivity contribution < 1.29 is 13.2 Å². The highest BCUT2D eigenvalue weighted by Crippen LogP contribution is 2.51. The van der Waals surface area contributed by atoms with Gasteiger partial charge in [0.15, 0.2) is 5.82 Å². The van der Waals surface area contributed by atoms with Gasteiger partial charge >= 0.3 is 6.18 Å². The molecule has 6 rings (SSSR count). The van der Waals surface area contributed by atoms with Crippen LogP contribution >= 0.6 is 0 Å². The number of nitrogens with one attached hydrogen (secondary N) is 2. The van der Waals surface area contributed by atoms with Crippen LogP contribution in [0, 0.1) is 0 Å². The Kier molecular flexibility index (Phi) is 5.55. The van der Waals surface area contributed by atoms with Gasteiger partial charge in [-0.15, -0.1) is 0 Å². The van der Waals surface area contributed by atoms with Crippen LogP contribution in [0.15, 0.2) is 67.4 Å². The molecule has 1 aliphatic carbocycles. The summed E-state index contributed by atoms with van der Waals surface area (Å²) in [5.74, 6) is 0.533. The number of fused-ring (bicyclic) bond motifs is 1. The van der Waals surface area contributed by atoms with Crippen LogP contribution in [-0.4, -0.2) is 46.4 Å². The largest absolute Gasteiger partial charge is 0.411 e. The second-order valence-corrected chi connectivity index (χ2v) is 9.00. The number of hydrogen-bond acceptors (Lipinski definition) is 9. The molecule has 0 atom stereocenters. The number of alkyl halides is 3. The Bertz CT molecular complexity index is 1600. The van der Waals surface area contributed by atoms with E-state index < -0.39 is 11.7 Å². The quantitative estimate of drug-likeness (QED) is 0.287. The number of hydrogen-bond donors (Lipinski definition) is 3. The third-order valence-electron chi connectivity index (χ3n) is 6.32. The van der Waals surface area contributed by atoms with Gasteiger partial charge in [-0.25, -0.2) is 24.6 Å². The number of pyridine rings is 2. The first-order valence-electron chi connectivity index (χ1n) is 11.7. The van der Waals surface area contributed by atoms with Crippen molar-refractivity contribution in [3.8, 4) is 16.9 Å². The van der Waals surface area contributed by atoms with Gasteiger partial charge in [-0.2, -0.15) is 23.3 Å². The van der Waals surface area contributed by atoms with Gasteiger partial charge in [0.1, 0.15) is 29.5 Å². The lowest BCUT2D eigenvalue weighted by atomic mass is 10.1. The Hall–Kier alpha value is -4.81. The smallest absolute Gasteiger partial charge is 0.384 e. The molecule has 38 heavy (non-hydrogen) atoms. The van der Waals surface area contributed by atoms with Crippen molar-refractivity contribution in [2.75, 3.05) is 16.4 Å². The monoisotopic (exact) mass is 518 g/mol. The Morgan fingerprint density at radius 3 is 2.61 bits per heavy atom. The van der Waals surface area contributed by atoms with Gasteiger partial charge in [0.25, 0.3) is 0 Å². The molecule has 4 aromatic heterocycles. The van der Waals surface area contributed by atoms with Crippen LogP contribution in [0.25, 0.3) is 28.0 Å². The van der Waals surface area contributed by atoms with E-state index in [1.165, 1.54) is 6.33 Å². The van der Waals surface area contributed by atoms with E-state index in [9.17, 15) is 13.2 Å². The van der Waals surface area contributed by atoms with E-state index in [1.807, 2.05) is 24.3 Å². The Morgan fingerprint density at radius 2 is 1.89 bits per heavy atom. The van der Waals surface area contributed by atoms with E-state index in [4.69, 9.17) is 5.73 Å². The molecule has 0 amide bonds. The van der Waals surface area contributed by atoms with E-state index in [0.29, 0.717) is 29.1 Å². The summed E-state index contributed by atoms with van der Waals surface area (Å²) >= 11 is 0. The molecular formula is C25H21F3N10. The summed E-state index contributed by atoms with van der Waals surface area (Å²) in [5.41, 5.74) is 7.16. The molecule has 0 aliphatic heterocycles. The lowest BCUT2D eigenvalue weighted by Crippen LogP contribution is -2.39. The van der Waals surface area contributed by atoms with Crippen molar-refractivity contribution in [2.45, 2.75) is 31.1 Å². The normalized spacial score (nSPS) is 14.4. The maximum absolute atomic E-state index is 13.8. The predicted molar refractivity (Wildman–Crippen MR) is 135 cm³/mol. The molecule has 13 heteroatoms. The number of benzene rings is 1. The third kappa shape index (κ3) is 4.53. The summed E-state index contributed by atoms with van der Waals surface area (Å²) in [6, 6.07) is 14.4. The molecule has 1 fully saturated rings. The first kappa shape index (κ1) is 23.6. The van der Waals surface area contributed by atoms with Crippen molar-refractivity contribution in [2.24, 2.45) is 0 Å². The Labute approximate surface area is 214 Å². The highest BCUT2D eigenvalue weighted by molar-refractivity contribution is 5.88. The molecule has 10 nitrogen and oxygen atoms in total. The van der Waals surface area contributed by atoms with Crippen LogP contribution in [0.5, 0.6) is 0 Å². The molecule has 0 unspecified atom stereocenters. The van der Waals surface area contributed by atoms with Gasteiger partial charge in [-0.3, -0.25) is 0 Å². The highest BCUT2D eigenvalue weighted by Gasteiger charge is 2.64. The Balaban J connectivity index is 1.34. The van der Waals surface area contributed by atoms with E-state index in [-0.39, 0.29) is 30.1 Å². The van der Waals surface area contributed by atoms with Crippen molar-refractivity contribution in [3.63, 3.8) is 0 Å². The molecule has 0 radical (unpaired) electrons. The highest BCUT2D eigenvalue weighted by atomic mass is 19.4. The summed E-state index contributed by atoms with van der Waals surface area (Å²) in [4.78, 5) is 21.6. The lowest BCUT2D eigenvalue weighted by Gasteiger charge is -2.22. The number of aromatic nitrogens is 7. The lowest BCUT2D eigenvalue weighted by molar-refractivity contribution is -0.151. The summed E-state index contributed by atoms with van der Waals surface area (Å²) in [7, 11) is 0. The van der Waals surface area contributed by atoms with Gasteiger partial charge in [-0.1, -0.05) is 12.1 Å². The number of nitrogens with two attached hydrogens (primary N) is 1. The number of rotatable bonds is 7. The zero-order chi connectivity index (χ0) is 26.3. The van der Waals surface area contributed by atoms with E-state index in [0.717, 1.165) is 11.3 Å². The van der Waals surface area contributed by atoms with Crippen molar-refractivity contribution >= 4 is 28.6 Å². The molecular weight excluding hydrogens is 497 g/mol. The van der Waals surface area contributed by atoms with Crippen LogP contribution in [0.1, 0.15) is 18.4 Å². The summed E-state index contributed by atoms with van der Waals surface area (Å²) in [6.45, 7) is 0.334. The molecule has 0 spiro atoms. The SMILES string of the molecule is Nc1ccc(-c2ccc3nc(NCc4cccc(-n5cncn5)c4)nc(NC4(C(F)(F)F)CC4)c3n2)cn1. The van der Waals surface area contributed by atoms with Crippen LogP contribution in [0.2, 0.25) is 0 Å². The Morgan fingerprint density at radius 1 is 1.03 bits per heavy atom. The van der Waals surface area contributed by atoms with Crippen molar-refractivity contribution in [1.29, 1.82) is 0 Å². The molecule has 1 saturated carbocycles. The molecule has 5 aromatic rings. The van der Waals surface area contributed by atoms with Crippen LogP contribution in [0.3, 0.4) is 0 Å². The molecule has 0 bridgehead atoms. The fraction of sp³-hybridized carbons (Fsp3) is 0.200. The average molecular weight is 519 g/mol. The van der Waals surface area contributed by atoms with Gasteiger partial charge in [0, 0.05) is 18.3 Å². The molecule has 4 N–H and O–H groups in total. The molecule has 1 aromatic carbocycles. The van der Waals surface area contributed by atoms with Crippen LogP contribution in [0.4, 0.5) is 30.8 Å². The van der Waals surface area contributed by atoms with Crippen molar-refractivity contribution in [3.05, 3.63) is 72.9 Å². The third-order valence-corrected chi connectivity index (χ3v) is 6.32. The maximum atomic E-state index is 13.8. The van der Waals surface area contributed by atoms with Gasteiger partial charge in [0.05, 0.1) is 16.9 Å². The summed E-state index contributed by atoms with van der Waals surface area (Å²) in [5, 5.41) is 9.88. The second kappa shape index (κ2) is 8.94. The van der Waals surface area contributed by atoms with Gasteiger partial charge in [-0.05, 0) is 54.8 Å². The molecule has 1 aliphatic rings. The molecule has 4 heterocycles. The zero-order valence-corrected chi connectivity index (χ0v) is 19.8. The van der Waals surface area contributed by atoms with Crippen LogP contribution in [-0.2, 0) is 6.54 Å². The zero-order valence-electron chi connectivity index (χ0n) is 19.8. The van der Waals surface area contributed by atoms with Gasteiger partial charge in [0.2, 0.25) is 5.95 Å². The summed E-state index contributed by atoms with van der Waals surface area (Å²) < 4.78 is 43.1. The minimum atomic E-state index is -4.43. The maximum Gasteiger partial charge on any atom is 0.411 e. The molecule has 192 valence electrons. The number of nitrogens with zero attached hydrogens (tertiary/aromatic N) is 7. The minimum absolute atomic E-state index is 0.00828. The van der Waals surface area contributed by atoms with E-state index >= 15 is 0 Å². The van der Waals surface area contributed by atoms with E-state index in [1.54, 1.807) is 41.5 Å². The van der Waals surface area contributed by atoms with Crippen LogP contribution < -0.4 is 16.4 Å². The number of halogens is 3. The fourth-order valence-corrected chi connectivity index (χ4v) is 4.06. The standard InChI is InChI=1S/C25H21F3N10/c26-25(27,28)24(8-9-24)37-22-21-19(6-5-18(34-21)16-4-7-20(29)31-12-16)35-23(36-22)32-11-15-2-1-3-17(10-15)38-14-30-13-33-38/h1-7,10,12-14H,8-9,11H2,(H2,29,31)(H2,32,35,36,37). The minimum Gasteiger partial charge on any atom is -0.384 e. The number of nitrogen functional groups attached to an aromatic ring is 1. The van der Waals surface area contributed by atoms with Gasteiger partial charge < -0.3 is 16.4 Å². The fourth-order valence-electron chi connectivity index (χ4n) is 4.06. The molecule has 0 saturated heterocycles. The second-order valence-electron chi connectivity index (χ2n) is 9.00.